The normalized spacial score (nSPS) is 24.8. The van der Waals surface area contributed by atoms with Crippen molar-refractivity contribution in [2.75, 3.05) is 0 Å². The van der Waals surface area contributed by atoms with E-state index in [1.807, 2.05) is 67.6 Å². The maximum Gasteiger partial charge on any atom is 0.329 e. The zero-order valence-electron chi connectivity index (χ0n) is 14.8. The largest absolute Gasteiger partial charge is 0.447 e. The Labute approximate surface area is 148 Å². The van der Waals surface area contributed by atoms with Crippen LogP contribution in [-0.2, 0) is 20.7 Å². The fourth-order valence-corrected chi connectivity index (χ4v) is 3.41. The fourth-order valence-electron chi connectivity index (χ4n) is 3.41. The maximum atomic E-state index is 13.3. The highest BCUT2D eigenvalue weighted by Gasteiger charge is 2.50. The minimum absolute atomic E-state index is 0.153. The van der Waals surface area contributed by atoms with Crippen molar-refractivity contribution < 1.29 is 14.3 Å². The minimum Gasteiger partial charge on any atom is -0.447 e. The van der Waals surface area contributed by atoms with Crippen molar-refractivity contribution in [2.45, 2.75) is 44.9 Å². The van der Waals surface area contributed by atoms with E-state index in [0.717, 1.165) is 11.1 Å². The molecule has 0 N–H and O–H groups in total. The molecule has 1 heterocycles. The summed E-state index contributed by atoms with van der Waals surface area (Å²) in [6.45, 7) is 5.38. The third-order valence-corrected chi connectivity index (χ3v) is 4.85. The Bertz CT molecular complexity index is 759. The number of esters is 1. The van der Waals surface area contributed by atoms with Crippen LogP contribution >= 0.6 is 0 Å². The molecule has 2 aromatic rings. The van der Waals surface area contributed by atoms with Gasteiger partial charge >= 0.3 is 5.97 Å². The summed E-state index contributed by atoms with van der Waals surface area (Å²) in [5.74, 6) is -0.513. The highest BCUT2D eigenvalue weighted by molar-refractivity contribution is 5.95. The zero-order valence-corrected chi connectivity index (χ0v) is 14.8. The van der Waals surface area contributed by atoms with E-state index in [9.17, 15) is 9.59 Å². The Balaban J connectivity index is 1.92. The van der Waals surface area contributed by atoms with Crippen molar-refractivity contribution in [3.05, 3.63) is 71.8 Å². The highest BCUT2D eigenvalue weighted by atomic mass is 16.6. The second kappa shape index (κ2) is 6.71. The molecule has 0 radical (unpaired) electrons. The molecule has 1 aliphatic heterocycles. The molecule has 3 atom stereocenters. The van der Waals surface area contributed by atoms with E-state index in [1.165, 1.54) is 0 Å². The Morgan fingerprint density at radius 2 is 1.60 bits per heavy atom. The van der Waals surface area contributed by atoms with Gasteiger partial charge in [0.05, 0.1) is 6.04 Å². The number of hydrogen-bond acceptors (Lipinski definition) is 3. The molecule has 1 aliphatic rings. The number of carbonyl (C=O) groups excluding carboxylic acids is 2. The lowest BCUT2D eigenvalue weighted by atomic mass is 9.90. The second-order valence-corrected chi connectivity index (χ2v) is 6.79. The summed E-state index contributed by atoms with van der Waals surface area (Å²) in [4.78, 5) is 27.4. The van der Waals surface area contributed by atoms with Gasteiger partial charge in [-0.25, -0.2) is 4.79 Å². The van der Waals surface area contributed by atoms with Gasteiger partial charge in [-0.05, 0) is 31.9 Å². The van der Waals surface area contributed by atoms with E-state index >= 15 is 0 Å². The van der Waals surface area contributed by atoms with E-state index in [1.54, 1.807) is 18.7 Å². The molecule has 0 saturated carbocycles. The van der Waals surface area contributed by atoms with Crippen molar-refractivity contribution in [1.82, 2.24) is 4.90 Å². The number of hydrogen-bond donors (Lipinski definition) is 0. The van der Waals surface area contributed by atoms with Crippen molar-refractivity contribution in [2.24, 2.45) is 0 Å². The first-order chi connectivity index (χ1) is 11.9. The van der Waals surface area contributed by atoms with Crippen LogP contribution in [0.2, 0.25) is 0 Å². The summed E-state index contributed by atoms with van der Waals surface area (Å²) >= 11 is 0. The summed E-state index contributed by atoms with van der Waals surface area (Å²) in [6.07, 6.45) is 0.364. The van der Waals surface area contributed by atoms with Gasteiger partial charge in [-0.15, -0.1) is 0 Å². The van der Waals surface area contributed by atoms with Crippen molar-refractivity contribution in [1.29, 1.82) is 0 Å². The van der Waals surface area contributed by atoms with Crippen LogP contribution in [0.5, 0.6) is 0 Å². The molecule has 0 aliphatic carbocycles. The molecule has 25 heavy (non-hydrogen) atoms. The van der Waals surface area contributed by atoms with Gasteiger partial charge in [0.1, 0.15) is 6.04 Å². The maximum absolute atomic E-state index is 13.3. The van der Waals surface area contributed by atoms with Crippen LogP contribution in [0.15, 0.2) is 60.7 Å². The molecule has 2 aromatic carbocycles. The third-order valence-electron chi connectivity index (χ3n) is 4.85. The predicted octanol–water partition coefficient (Wildman–Crippen LogP) is 3.52. The molecule has 1 amide bonds. The molecule has 0 spiro atoms. The number of cyclic esters (lactones) is 1. The number of carbonyl (C=O) groups is 2. The van der Waals surface area contributed by atoms with Crippen molar-refractivity contribution in [3.63, 3.8) is 0 Å². The quantitative estimate of drug-likeness (QED) is 0.802. The van der Waals surface area contributed by atoms with Crippen molar-refractivity contribution in [3.8, 4) is 0 Å². The molecule has 130 valence electrons. The van der Waals surface area contributed by atoms with E-state index in [4.69, 9.17) is 4.74 Å². The molecule has 1 fully saturated rings. The second-order valence-electron chi connectivity index (χ2n) is 6.79. The summed E-state index contributed by atoms with van der Waals surface area (Å²) in [5.41, 5.74) is 0.779. The molecule has 4 heteroatoms. The lowest BCUT2D eigenvalue weighted by Crippen LogP contribution is -2.62. The average molecular weight is 337 g/mol. The molecule has 0 aromatic heterocycles. The molecule has 0 unspecified atom stereocenters. The van der Waals surface area contributed by atoms with Gasteiger partial charge in [-0.3, -0.25) is 4.79 Å². The smallest absolute Gasteiger partial charge is 0.329 e. The lowest BCUT2D eigenvalue weighted by Gasteiger charge is -2.45. The van der Waals surface area contributed by atoms with E-state index in [0.29, 0.717) is 6.42 Å². The summed E-state index contributed by atoms with van der Waals surface area (Å²) in [7, 11) is 0. The number of ether oxygens (including phenoxy) is 1. The Morgan fingerprint density at radius 3 is 2.20 bits per heavy atom. The van der Waals surface area contributed by atoms with Gasteiger partial charge < -0.3 is 9.64 Å². The monoisotopic (exact) mass is 337 g/mol. The van der Waals surface area contributed by atoms with Crippen molar-refractivity contribution >= 4 is 11.9 Å². The van der Waals surface area contributed by atoms with Crippen LogP contribution < -0.4 is 0 Å². The fraction of sp³-hybridized carbons (Fsp3) is 0.333. The summed E-state index contributed by atoms with van der Waals surface area (Å²) in [5, 5.41) is 0. The Hall–Kier alpha value is -2.62. The predicted molar refractivity (Wildman–Crippen MR) is 95.8 cm³/mol. The number of morpholine rings is 1. The third kappa shape index (κ3) is 3.29. The van der Waals surface area contributed by atoms with Crippen LogP contribution in [-0.4, -0.2) is 28.4 Å². The van der Waals surface area contributed by atoms with E-state index in [2.05, 4.69) is 0 Å². The summed E-state index contributed by atoms with van der Waals surface area (Å²) < 4.78 is 5.59. The number of amides is 1. The van der Waals surface area contributed by atoms with Crippen LogP contribution in [0.4, 0.5) is 0 Å². The Morgan fingerprint density at radius 1 is 1.04 bits per heavy atom. The van der Waals surface area contributed by atoms with E-state index < -0.39 is 11.6 Å². The zero-order chi connectivity index (χ0) is 18.0. The molecule has 0 bridgehead atoms. The lowest BCUT2D eigenvalue weighted by molar-refractivity contribution is -0.192. The first-order valence-corrected chi connectivity index (χ1v) is 8.57. The average Bonchev–Trinajstić information content (AvgIpc) is 2.62. The van der Waals surface area contributed by atoms with E-state index in [-0.39, 0.29) is 17.9 Å². The van der Waals surface area contributed by atoms with Gasteiger partial charge in [0.25, 0.3) is 5.91 Å². The molecule has 3 rings (SSSR count). The molecular formula is C21H23NO3. The van der Waals surface area contributed by atoms with Gasteiger partial charge in [0, 0.05) is 6.42 Å². The number of nitrogens with zero attached hydrogens (tertiary/aromatic N) is 1. The standard InChI is InChI=1S/C21H23NO3/c1-15(18-12-8-5-9-13-18)22-16(2)19(23)25-21(3,20(22)24)14-17-10-6-4-7-11-17/h4-13,15-16H,14H2,1-3H3/t15-,16-,21+/m1/s1. The van der Waals surface area contributed by atoms with Gasteiger partial charge in [0.15, 0.2) is 5.60 Å². The van der Waals surface area contributed by atoms with Gasteiger partial charge in [-0.1, -0.05) is 60.7 Å². The number of benzene rings is 2. The highest BCUT2D eigenvalue weighted by Crippen LogP contribution is 2.33. The van der Waals surface area contributed by atoms with Gasteiger partial charge in [0.2, 0.25) is 0 Å². The first-order valence-electron chi connectivity index (χ1n) is 8.57. The van der Waals surface area contributed by atoms with Crippen LogP contribution in [0.3, 0.4) is 0 Å². The Kier molecular flexibility index (Phi) is 4.62. The number of rotatable bonds is 4. The van der Waals surface area contributed by atoms with Gasteiger partial charge in [-0.2, -0.15) is 0 Å². The topological polar surface area (TPSA) is 46.6 Å². The molecule has 4 nitrogen and oxygen atoms in total. The first kappa shape index (κ1) is 17.2. The minimum atomic E-state index is -1.19. The molecular weight excluding hydrogens is 314 g/mol. The van der Waals surface area contributed by atoms with Crippen LogP contribution in [0, 0.1) is 0 Å². The SMILES string of the molecule is C[C@@H]1C(=O)O[C@@](C)(Cc2ccccc2)C(=O)N1[C@H](C)c1ccccc1. The summed E-state index contributed by atoms with van der Waals surface area (Å²) in [6, 6.07) is 18.6. The van der Waals surface area contributed by atoms with Crippen LogP contribution in [0.25, 0.3) is 0 Å². The van der Waals surface area contributed by atoms with Crippen LogP contribution in [0.1, 0.15) is 37.9 Å². The molecule has 1 saturated heterocycles.